The Morgan fingerprint density at radius 1 is 0.711 bits per heavy atom. The summed E-state index contributed by atoms with van der Waals surface area (Å²) in [5.41, 5.74) is 4.26. The van der Waals surface area contributed by atoms with Crippen LogP contribution in [0, 0.1) is 5.92 Å². The third kappa shape index (κ3) is 6.81. The maximum absolute atomic E-state index is 12.1. The zero-order valence-electron chi connectivity index (χ0n) is 21.7. The van der Waals surface area contributed by atoms with E-state index < -0.39 is 0 Å². The fraction of sp³-hybridized carbons (Fsp3) is 0.375. The molecule has 3 aromatic carbocycles. The Balaban J connectivity index is 0.000000155. The summed E-state index contributed by atoms with van der Waals surface area (Å²) in [4.78, 5) is 24.1. The molecule has 0 aromatic heterocycles. The van der Waals surface area contributed by atoms with Crippen LogP contribution in [0.5, 0.6) is 0 Å². The van der Waals surface area contributed by atoms with E-state index in [2.05, 4.69) is 10.6 Å². The van der Waals surface area contributed by atoms with Crippen molar-refractivity contribution >= 4 is 17.6 Å². The van der Waals surface area contributed by atoms with E-state index in [4.69, 9.17) is 9.47 Å². The van der Waals surface area contributed by atoms with Crippen molar-refractivity contribution in [2.24, 2.45) is 5.92 Å². The van der Waals surface area contributed by atoms with Crippen molar-refractivity contribution < 1.29 is 19.1 Å². The summed E-state index contributed by atoms with van der Waals surface area (Å²) < 4.78 is 10.8. The number of rotatable bonds is 6. The third-order valence-electron chi connectivity index (χ3n) is 7.65. The molecule has 6 rings (SSSR count). The van der Waals surface area contributed by atoms with Gasteiger partial charge in [0, 0.05) is 18.2 Å². The van der Waals surface area contributed by atoms with Crippen LogP contribution >= 0.6 is 0 Å². The minimum atomic E-state index is -0.263. The number of ether oxygens (including phenoxy) is 2. The zero-order chi connectivity index (χ0) is 26.2. The Morgan fingerprint density at radius 2 is 1.29 bits per heavy atom. The van der Waals surface area contributed by atoms with Gasteiger partial charge in [0.15, 0.2) is 0 Å². The molecule has 198 valence electrons. The molecule has 4 atom stereocenters. The molecule has 1 saturated carbocycles. The largest absolute Gasteiger partial charge is 0.460 e. The van der Waals surface area contributed by atoms with Gasteiger partial charge in [0.1, 0.15) is 25.3 Å². The molecule has 0 radical (unpaired) electrons. The molecule has 1 saturated heterocycles. The van der Waals surface area contributed by atoms with Crippen LogP contribution in [0.1, 0.15) is 48.8 Å². The molecule has 6 nitrogen and oxygen atoms in total. The quantitative estimate of drug-likeness (QED) is 0.430. The topological polar surface area (TPSA) is 76.7 Å². The highest BCUT2D eigenvalue weighted by Crippen LogP contribution is 2.33. The van der Waals surface area contributed by atoms with Crippen molar-refractivity contribution in [3.63, 3.8) is 0 Å². The van der Waals surface area contributed by atoms with Crippen LogP contribution in [0.15, 0.2) is 84.9 Å². The summed E-state index contributed by atoms with van der Waals surface area (Å²) in [6.07, 6.45) is 6.74. The molecular formula is C32H36N2O4. The first kappa shape index (κ1) is 26.0. The lowest BCUT2D eigenvalue weighted by Gasteiger charge is -2.24. The minimum absolute atomic E-state index is 0.0850. The molecule has 2 N–H and O–H groups in total. The van der Waals surface area contributed by atoms with E-state index >= 15 is 0 Å². The van der Waals surface area contributed by atoms with Crippen LogP contribution < -0.4 is 10.6 Å². The number of hydrogen-bond donors (Lipinski definition) is 2. The van der Waals surface area contributed by atoms with Crippen molar-refractivity contribution in [3.05, 3.63) is 102 Å². The average Bonchev–Trinajstić information content (AvgIpc) is 3.61. The van der Waals surface area contributed by atoms with E-state index in [9.17, 15) is 9.59 Å². The molecule has 2 heterocycles. The zero-order valence-corrected chi connectivity index (χ0v) is 21.7. The monoisotopic (exact) mass is 512 g/mol. The fourth-order valence-electron chi connectivity index (χ4n) is 5.60. The van der Waals surface area contributed by atoms with Gasteiger partial charge in [-0.15, -0.1) is 0 Å². The van der Waals surface area contributed by atoms with Crippen molar-refractivity contribution in [1.29, 1.82) is 0 Å². The van der Waals surface area contributed by atoms with Gasteiger partial charge in [0.2, 0.25) is 0 Å². The van der Waals surface area contributed by atoms with Crippen LogP contribution in [-0.4, -0.2) is 30.1 Å². The molecule has 0 unspecified atom stereocenters. The molecule has 2 fully saturated rings. The lowest BCUT2D eigenvalue weighted by molar-refractivity contribution is -0.147. The van der Waals surface area contributed by atoms with E-state index in [1.807, 2.05) is 84.9 Å². The van der Waals surface area contributed by atoms with Crippen molar-refractivity contribution in [2.45, 2.75) is 69.9 Å². The molecule has 3 aliphatic rings. The van der Waals surface area contributed by atoms with Gasteiger partial charge in [0.25, 0.3) is 0 Å². The van der Waals surface area contributed by atoms with E-state index in [1.165, 1.54) is 31.2 Å². The molecule has 38 heavy (non-hydrogen) atoms. The van der Waals surface area contributed by atoms with Crippen molar-refractivity contribution in [3.8, 4) is 0 Å². The predicted molar refractivity (Wildman–Crippen MR) is 147 cm³/mol. The SMILES string of the molecule is O=C(OCc1ccccc1)[C@@H]1C[C@@H]2CCCC[C@@H]2N1.O=C(OCc1ccccc1)[C@@H]1Cc2ccccc2N1. The number of fused-ring (bicyclic) bond motifs is 2. The summed E-state index contributed by atoms with van der Waals surface area (Å²) in [7, 11) is 0. The van der Waals surface area contributed by atoms with E-state index in [1.54, 1.807) is 0 Å². The van der Waals surface area contributed by atoms with Gasteiger partial charge in [-0.3, -0.25) is 4.79 Å². The van der Waals surface area contributed by atoms with Crippen LogP contribution in [0.3, 0.4) is 0 Å². The molecular weight excluding hydrogens is 476 g/mol. The summed E-state index contributed by atoms with van der Waals surface area (Å²) >= 11 is 0. The first-order chi connectivity index (χ1) is 18.7. The van der Waals surface area contributed by atoms with Gasteiger partial charge in [-0.1, -0.05) is 91.7 Å². The third-order valence-corrected chi connectivity index (χ3v) is 7.65. The second kappa shape index (κ2) is 12.7. The molecule has 0 bridgehead atoms. The first-order valence-corrected chi connectivity index (χ1v) is 13.7. The lowest BCUT2D eigenvalue weighted by atomic mass is 9.85. The number of esters is 2. The van der Waals surface area contributed by atoms with Gasteiger partial charge in [-0.2, -0.15) is 0 Å². The van der Waals surface area contributed by atoms with Crippen LogP contribution in [-0.2, 0) is 38.7 Å². The molecule has 3 aromatic rings. The number of hydrogen-bond acceptors (Lipinski definition) is 6. The van der Waals surface area contributed by atoms with E-state index in [0.717, 1.165) is 23.2 Å². The lowest BCUT2D eigenvalue weighted by Crippen LogP contribution is -2.37. The Labute approximate surface area is 224 Å². The van der Waals surface area contributed by atoms with E-state index in [0.29, 0.717) is 31.6 Å². The normalized spacial score (nSPS) is 23.2. The number of carbonyl (C=O) groups is 2. The minimum Gasteiger partial charge on any atom is -0.460 e. The number of carbonyl (C=O) groups excluding carboxylic acids is 2. The van der Waals surface area contributed by atoms with Gasteiger partial charge in [-0.25, -0.2) is 4.79 Å². The second-order valence-electron chi connectivity index (χ2n) is 10.4. The van der Waals surface area contributed by atoms with Crippen molar-refractivity contribution in [1.82, 2.24) is 5.32 Å². The molecule has 0 spiro atoms. The highest BCUT2D eigenvalue weighted by molar-refractivity contribution is 5.82. The predicted octanol–water partition coefficient (Wildman–Crippen LogP) is 5.42. The highest BCUT2D eigenvalue weighted by atomic mass is 16.5. The molecule has 0 amide bonds. The smallest absolute Gasteiger partial charge is 0.329 e. The Bertz CT molecular complexity index is 1160. The van der Waals surface area contributed by atoms with Gasteiger partial charge >= 0.3 is 11.9 Å². The molecule has 6 heteroatoms. The summed E-state index contributed by atoms with van der Waals surface area (Å²) in [5, 5.41) is 6.65. The average molecular weight is 513 g/mol. The van der Waals surface area contributed by atoms with E-state index in [-0.39, 0.29) is 24.0 Å². The molecule has 2 aliphatic heterocycles. The number of anilines is 1. The summed E-state index contributed by atoms with van der Waals surface area (Å²) in [6, 6.07) is 27.7. The maximum Gasteiger partial charge on any atom is 0.329 e. The Hall–Kier alpha value is -3.64. The fourth-order valence-corrected chi connectivity index (χ4v) is 5.60. The Morgan fingerprint density at radius 3 is 1.92 bits per heavy atom. The van der Waals surface area contributed by atoms with Crippen molar-refractivity contribution in [2.75, 3.05) is 5.32 Å². The number of nitrogens with one attached hydrogen (secondary N) is 2. The van der Waals surface area contributed by atoms with Gasteiger partial charge in [0.05, 0.1) is 0 Å². The number of para-hydroxylation sites is 1. The second-order valence-corrected chi connectivity index (χ2v) is 10.4. The molecule has 1 aliphatic carbocycles. The van der Waals surface area contributed by atoms with Crippen LogP contribution in [0.2, 0.25) is 0 Å². The summed E-state index contributed by atoms with van der Waals surface area (Å²) in [6.45, 7) is 0.710. The van der Waals surface area contributed by atoms with Gasteiger partial charge < -0.3 is 20.1 Å². The summed E-state index contributed by atoms with van der Waals surface area (Å²) in [5.74, 6) is 0.404. The van der Waals surface area contributed by atoms with Crippen LogP contribution in [0.25, 0.3) is 0 Å². The highest BCUT2D eigenvalue weighted by Gasteiger charge is 2.38. The standard InChI is InChI=1S/C16H21NO2.C16H15NO2/c2*18-16(19-11-12-6-2-1-3-7-12)15-10-13-8-4-5-9-14(13)17-15/h1-3,6-7,13-15,17H,4-5,8-11H2;1-9,15,17H,10-11H2/t13-,14-,15-;15-/m00/s1. The maximum atomic E-state index is 12.1. The number of benzene rings is 3. The Kier molecular flexibility index (Phi) is 8.71. The van der Waals surface area contributed by atoms with Crippen LogP contribution in [0.4, 0.5) is 5.69 Å². The van der Waals surface area contributed by atoms with Gasteiger partial charge in [-0.05, 0) is 47.9 Å². The first-order valence-electron chi connectivity index (χ1n) is 13.7.